The van der Waals surface area contributed by atoms with Crippen LogP contribution in [-0.2, 0) is 13.0 Å². The number of rotatable bonds is 7. The molecule has 28 heavy (non-hydrogen) atoms. The van der Waals surface area contributed by atoms with E-state index in [0.29, 0.717) is 6.04 Å². The summed E-state index contributed by atoms with van der Waals surface area (Å²) in [5.74, 6) is 0.826. The molecule has 0 saturated carbocycles. The number of benzene rings is 2. The largest absolute Gasteiger partial charge is 0.354 e. The van der Waals surface area contributed by atoms with Gasteiger partial charge >= 0.3 is 0 Å². The van der Waals surface area contributed by atoms with Crippen molar-refractivity contribution in [1.82, 2.24) is 20.4 Å². The average Bonchev–Trinajstić information content (AvgIpc) is 3.25. The molecule has 6 heteroatoms. The van der Waals surface area contributed by atoms with Gasteiger partial charge in [-0.3, -0.25) is 4.99 Å². The van der Waals surface area contributed by atoms with Gasteiger partial charge in [0.1, 0.15) is 0 Å². The van der Waals surface area contributed by atoms with Crippen LogP contribution in [-0.4, -0.2) is 28.8 Å². The van der Waals surface area contributed by atoms with Crippen molar-refractivity contribution in [2.24, 2.45) is 4.99 Å². The fraction of sp³-hybridized carbons (Fsp3) is 0.273. The molecule has 0 spiro atoms. The van der Waals surface area contributed by atoms with Crippen LogP contribution in [0, 0.1) is 0 Å². The smallest absolute Gasteiger partial charge is 0.191 e. The Morgan fingerprint density at radius 1 is 1.04 bits per heavy atom. The van der Waals surface area contributed by atoms with Crippen LogP contribution in [0.2, 0.25) is 0 Å². The molecule has 0 saturated heterocycles. The summed E-state index contributed by atoms with van der Waals surface area (Å²) in [6, 6.07) is 21.2. The molecule has 0 aliphatic carbocycles. The highest BCUT2D eigenvalue weighted by Crippen LogP contribution is 2.08. The van der Waals surface area contributed by atoms with E-state index < -0.39 is 0 Å². The lowest BCUT2D eigenvalue weighted by atomic mass is 10.1. The Balaban J connectivity index is 0.00000280. The van der Waals surface area contributed by atoms with Crippen LogP contribution in [0.3, 0.4) is 0 Å². The number of hydrogen-bond acceptors (Lipinski definition) is 2. The van der Waals surface area contributed by atoms with Crippen LogP contribution in [0.1, 0.15) is 24.5 Å². The van der Waals surface area contributed by atoms with E-state index in [-0.39, 0.29) is 24.0 Å². The van der Waals surface area contributed by atoms with Crippen LogP contribution in [0.25, 0.3) is 5.69 Å². The number of aromatic nitrogens is 2. The first-order valence-corrected chi connectivity index (χ1v) is 9.34. The number of hydrogen-bond donors (Lipinski definition) is 2. The molecular formula is C22H28IN5. The second-order valence-electron chi connectivity index (χ2n) is 6.61. The van der Waals surface area contributed by atoms with Gasteiger partial charge < -0.3 is 10.6 Å². The first-order valence-electron chi connectivity index (χ1n) is 9.34. The van der Waals surface area contributed by atoms with Gasteiger partial charge in [-0.15, -0.1) is 24.0 Å². The van der Waals surface area contributed by atoms with E-state index in [4.69, 9.17) is 0 Å². The molecule has 3 aromatic rings. The molecule has 1 unspecified atom stereocenters. The van der Waals surface area contributed by atoms with Crippen molar-refractivity contribution < 1.29 is 0 Å². The van der Waals surface area contributed by atoms with Crippen molar-refractivity contribution >= 4 is 29.9 Å². The molecule has 1 aromatic heterocycles. The summed E-state index contributed by atoms with van der Waals surface area (Å²) in [4.78, 5) is 4.34. The Morgan fingerprint density at radius 3 is 2.43 bits per heavy atom. The van der Waals surface area contributed by atoms with E-state index in [9.17, 15) is 0 Å². The minimum absolute atomic E-state index is 0. The maximum Gasteiger partial charge on any atom is 0.191 e. The highest BCUT2D eigenvalue weighted by atomic mass is 127. The van der Waals surface area contributed by atoms with Gasteiger partial charge in [0.2, 0.25) is 0 Å². The summed E-state index contributed by atoms with van der Waals surface area (Å²) < 4.78 is 1.85. The van der Waals surface area contributed by atoms with E-state index >= 15 is 0 Å². The highest BCUT2D eigenvalue weighted by molar-refractivity contribution is 14.0. The van der Waals surface area contributed by atoms with Crippen molar-refractivity contribution in [3.05, 3.63) is 84.2 Å². The van der Waals surface area contributed by atoms with Crippen molar-refractivity contribution in [2.75, 3.05) is 7.05 Å². The minimum atomic E-state index is 0. The van der Waals surface area contributed by atoms with E-state index in [1.807, 2.05) is 16.9 Å². The van der Waals surface area contributed by atoms with Crippen LogP contribution < -0.4 is 10.6 Å². The zero-order chi connectivity index (χ0) is 18.9. The molecule has 0 fully saturated rings. The Labute approximate surface area is 184 Å². The van der Waals surface area contributed by atoms with E-state index in [1.165, 1.54) is 11.1 Å². The van der Waals surface area contributed by atoms with Gasteiger partial charge in [0.25, 0.3) is 0 Å². The van der Waals surface area contributed by atoms with Crippen LogP contribution >= 0.6 is 24.0 Å². The lowest BCUT2D eigenvalue weighted by Gasteiger charge is -2.18. The molecule has 1 heterocycles. The van der Waals surface area contributed by atoms with Crippen molar-refractivity contribution in [2.45, 2.75) is 32.4 Å². The first kappa shape index (κ1) is 21.9. The van der Waals surface area contributed by atoms with Crippen molar-refractivity contribution in [3.8, 4) is 5.69 Å². The lowest BCUT2D eigenvalue weighted by molar-refractivity contribution is 0.593. The standard InChI is InChI=1S/C22H27N5.HI/c1-18(9-10-19-7-4-3-5-8-19)26-22(23-2)24-17-20-11-13-21(14-12-20)27-16-6-15-25-27;/h3-8,11-16,18H,9-10,17H2,1-2H3,(H2,23,24,26);1H. The second-order valence-corrected chi connectivity index (χ2v) is 6.61. The molecule has 148 valence electrons. The highest BCUT2D eigenvalue weighted by Gasteiger charge is 2.06. The lowest BCUT2D eigenvalue weighted by Crippen LogP contribution is -2.42. The summed E-state index contributed by atoms with van der Waals surface area (Å²) in [5.41, 5.74) is 3.62. The molecule has 2 N–H and O–H groups in total. The number of aliphatic imine (C=N–C) groups is 1. The van der Waals surface area contributed by atoms with Gasteiger partial charge in [-0.1, -0.05) is 42.5 Å². The van der Waals surface area contributed by atoms with Crippen molar-refractivity contribution in [1.29, 1.82) is 0 Å². The summed E-state index contributed by atoms with van der Waals surface area (Å²) in [7, 11) is 1.81. The Morgan fingerprint density at radius 2 is 1.79 bits per heavy atom. The molecule has 0 amide bonds. The van der Waals surface area contributed by atoms with Gasteiger partial charge in [-0.05, 0) is 49.1 Å². The molecule has 1 atom stereocenters. The van der Waals surface area contributed by atoms with Crippen LogP contribution in [0.15, 0.2) is 78.0 Å². The predicted octanol–water partition coefficient (Wildman–Crippen LogP) is 4.18. The molecule has 0 aliphatic rings. The topological polar surface area (TPSA) is 54.2 Å². The number of nitrogens with zero attached hydrogens (tertiary/aromatic N) is 3. The third-order valence-corrected chi connectivity index (χ3v) is 4.48. The fourth-order valence-corrected chi connectivity index (χ4v) is 2.90. The zero-order valence-electron chi connectivity index (χ0n) is 16.4. The molecule has 3 rings (SSSR count). The number of halogens is 1. The SMILES string of the molecule is CN=C(NCc1ccc(-n2cccn2)cc1)NC(C)CCc1ccccc1.I. The van der Waals surface area contributed by atoms with Gasteiger partial charge in [0, 0.05) is 32.0 Å². The predicted molar refractivity (Wildman–Crippen MR) is 127 cm³/mol. The monoisotopic (exact) mass is 489 g/mol. The Bertz CT molecular complexity index is 829. The maximum atomic E-state index is 4.34. The summed E-state index contributed by atoms with van der Waals surface area (Å²) in [6.45, 7) is 2.92. The average molecular weight is 489 g/mol. The molecule has 0 bridgehead atoms. The third-order valence-electron chi connectivity index (χ3n) is 4.48. The molecule has 0 aliphatic heterocycles. The number of guanidine groups is 1. The van der Waals surface area contributed by atoms with Gasteiger partial charge in [-0.2, -0.15) is 5.10 Å². The second kappa shape index (κ2) is 11.5. The maximum absolute atomic E-state index is 4.34. The molecule has 5 nitrogen and oxygen atoms in total. The Kier molecular flexibility index (Phi) is 9.00. The van der Waals surface area contributed by atoms with Gasteiger partial charge in [-0.25, -0.2) is 4.68 Å². The van der Waals surface area contributed by atoms with Crippen molar-refractivity contribution in [3.63, 3.8) is 0 Å². The summed E-state index contributed by atoms with van der Waals surface area (Å²) >= 11 is 0. The Hall–Kier alpha value is -2.35. The quantitative estimate of drug-likeness (QED) is 0.298. The summed E-state index contributed by atoms with van der Waals surface area (Å²) in [5, 5.41) is 11.1. The van der Waals surface area contributed by atoms with Gasteiger partial charge in [0.15, 0.2) is 5.96 Å². The van der Waals surface area contributed by atoms with Crippen LogP contribution in [0.4, 0.5) is 0 Å². The molecular weight excluding hydrogens is 461 g/mol. The van der Waals surface area contributed by atoms with E-state index in [0.717, 1.165) is 31.0 Å². The van der Waals surface area contributed by atoms with Gasteiger partial charge in [0.05, 0.1) is 5.69 Å². The molecule has 2 aromatic carbocycles. The number of nitrogens with one attached hydrogen (secondary N) is 2. The van der Waals surface area contributed by atoms with E-state index in [2.05, 4.69) is 82.2 Å². The number of aryl methyl sites for hydroxylation is 1. The minimum Gasteiger partial charge on any atom is -0.354 e. The summed E-state index contributed by atoms with van der Waals surface area (Å²) in [6.07, 6.45) is 5.84. The van der Waals surface area contributed by atoms with E-state index in [1.54, 1.807) is 13.2 Å². The van der Waals surface area contributed by atoms with Crippen LogP contribution in [0.5, 0.6) is 0 Å². The molecule has 0 radical (unpaired) electrons. The third kappa shape index (κ3) is 6.67. The first-order chi connectivity index (χ1) is 13.2. The fourth-order valence-electron chi connectivity index (χ4n) is 2.90. The normalized spacial score (nSPS) is 12.1. The zero-order valence-corrected chi connectivity index (χ0v) is 18.7.